The molecule has 4 aliphatic carbocycles. The summed E-state index contributed by atoms with van der Waals surface area (Å²) in [5.41, 5.74) is -0.877. The van der Waals surface area contributed by atoms with Crippen LogP contribution < -0.4 is 0 Å². The first kappa shape index (κ1) is 41.5. The molecule has 5 N–H and O–H groups in total. The Bertz CT molecular complexity index is 1430. The number of hydrogen-bond donors (Lipinski definition) is 5. The maximum Gasteiger partial charge on any atom is 0.331 e. The van der Waals surface area contributed by atoms with Crippen molar-refractivity contribution in [3.8, 4) is 0 Å². The molecule has 0 aromatic rings. The van der Waals surface area contributed by atoms with Gasteiger partial charge in [-0.1, -0.05) is 13.8 Å². The van der Waals surface area contributed by atoms with Crippen molar-refractivity contribution in [2.24, 2.45) is 34.5 Å². The third kappa shape index (κ3) is 7.02. The summed E-state index contributed by atoms with van der Waals surface area (Å²) in [5, 5.41) is 57.3. The van der Waals surface area contributed by atoms with Crippen molar-refractivity contribution in [3.05, 3.63) is 11.6 Å². The molecule has 0 bridgehead atoms. The molecule has 0 spiro atoms. The summed E-state index contributed by atoms with van der Waals surface area (Å²) < 4.78 is 47.8. The van der Waals surface area contributed by atoms with Gasteiger partial charge in [-0.25, -0.2) is 4.79 Å². The molecular formula is C42H66O14. The Morgan fingerprint density at radius 2 is 1.27 bits per heavy atom. The SMILES string of the molecule is CO[C@@H]1[C@H](O)C[C@H](O[C@@H]2[C@H](O)C[C@H](O[C@@H]3[C@H](O)C[C@H](O[C@@H]4CC[C@]5(C)[C@H](CC[C@@H]6[C@@H]5C[C@H](O)[C@]5(C)[C@H](C7=CC(=O)OC7)CC[C@@]65O)C4)O[C@@H]3C)O[C@H]2C)O[C@@H]1C. The molecule has 8 aliphatic rings. The van der Waals surface area contributed by atoms with E-state index in [1.807, 2.05) is 20.8 Å². The van der Waals surface area contributed by atoms with Crippen LogP contribution >= 0.6 is 0 Å². The van der Waals surface area contributed by atoms with E-state index in [2.05, 4.69) is 6.92 Å². The first-order chi connectivity index (χ1) is 26.5. The molecule has 0 radical (unpaired) electrons. The third-order valence-electron chi connectivity index (χ3n) is 16.2. The normalized spacial score (nSPS) is 54.8. The van der Waals surface area contributed by atoms with Crippen molar-refractivity contribution in [2.75, 3.05) is 13.7 Å². The minimum Gasteiger partial charge on any atom is -0.458 e. The lowest BCUT2D eigenvalue weighted by atomic mass is 9.42. The first-order valence-electron chi connectivity index (χ1n) is 21.3. The number of methoxy groups -OCH3 is 1. The van der Waals surface area contributed by atoms with Crippen LogP contribution in [0.15, 0.2) is 11.6 Å². The predicted octanol–water partition coefficient (Wildman–Crippen LogP) is 2.87. The topological polar surface area (TPSA) is 192 Å². The highest BCUT2D eigenvalue weighted by Gasteiger charge is 2.71. The Morgan fingerprint density at radius 3 is 1.80 bits per heavy atom. The molecule has 14 heteroatoms. The number of esters is 1. The van der Waals surface area contributed by atoms with Gasteiger partial charge in [0, 0.05) is 37.9 Å². The highest BCUT2D eigenvalue weighted by Crippen LogP contribution is 2.70. The molecule has 56 heavy (non-hydrogen) atoms. The van der Waals surface area contributed by atoms with E-state index in [1.165, 1.54) is 7.11 Å². The van der Waals surface area contributed by atoms with E-state index in [9.17, 15) is 30.3 Å². The average Bonchev–Trinajstić information content (AvgIpc) is 3.68. The summed E-state index contributed by atoms with van der Waals surface area (Å²) in [5.74, 6) is 0.223. The van der Waals surface area contributed by atoms with Crippen molar-refractivity contribution in [1.82, 2.24) is 0 Å². The Labute approximate surface area is 330 Å². The zero-order chi connectivity index (χ0) is 39.9. The lowest BCUT2D eigenvalue weighted by molar-refractivity contribution is -0.336. The Morgan fingerprint density at radius 1 is 0.696 bits per heavy atom. The molecule has 0 aromatic heterocycles. The van der Waals surface area contributed by atoms with Crippen LogP contribution in [-0.4, -0.2) is 137 Å². The number of fused-ring (bicyclic) bond motifs is 5. The molecule has 0 aromatic carbocycles. The van der Waals surface area contributed by atoms with Crippen LogP contribution in [0.25, 0.3) is 0 Å². The van der Waals surface area contributed by atoms with E-state index in [-0.39, 0.29) is 67.2 Å². The van der Waals surface area contributed by atoms with Crippen LogP contribution in [0.1, 0.15) is 105 Å². The molecule has 8 rings (SSSR count). The molecule has 3 saturated heterocycles. The fourth-order valence-corrected chi connectivity index (χ4v) is 13.1. The fourth-order valence-electron chi connectivity index (χ4n) is 13.1. The van der Waals surface area contributed by atoms with Crippen molar-refractivity contribution in [3.63, 3.8) is 0 Å². The summed E-state index contributed by atoms with van der Waals surface area (Å²) in [6.07, 6.45) is -0.0154. The van der Waals surface area contributed by atoms with Gasteiger partial charge in [0.2, 0.25) is 0 Å². The lowest BCUT2D eigenvalue weighted by Crippen LogP contribution is -2.67. The maximum absolute atomic E-state index is 12.6. The Balaban J connectivity index is 0.832. The van der Waals surface area contributed by atoms with E-state index >= 15 is 0 Å². The van der Waals surface area contributed by atoms with Crippen LogP contribution in [0.5, 0.6) is 0 Å². The second-order valence-corrected chi connectivity index (χ2v) is 19.0. The number of ether oxygens (including phenoxy) is 8. The van der Waals surface area contributed by atoms with Crippen LogP contribution in [0.2, 0.25) is 0 Å². The number of hydrogen-bond acceptors (Lipinski definition) is 14. The van der Waals surface area contributed by atoms with Crippen LogP contribution in [0, 0.1) is 34.5 Å². The van der Waals surface area contributed by atoms with Gasteiger partial charge in [-0.15, -0.1) is 0 Å². The quantitative estimate of drug-likeness (QED) is 0.178. The molecule has 0 amide bonds. The van der Waals surface area contributed by atoms with Gasteiger partial charge in [-0.2, -0.15) is 0 Å². The van der Waals surface area contributed by atoms with Gasteiger partial charge in [0.1, 0.15) is 24.9 Å². The van der Waals surface area contributed by atoms with E-state index in [1.54, 1.807) is 13.0 Å². The molecule has 4 saturated carbocycles. The largest absolute Gasteiger partial charge is 0.458 e. The highest BCUT2D eigenvalue weighted by atomic mass is 16.7. The summed E-state index contributed by atoms with van der Waals surface area (Å²) in [4.78, 5) is 12.0. The monoisotopic (exact) mass is 794 g/mol. The number of carbonyl (C=O) groups is 1. The van der Waals surface area contributed by atoms with Gasteiger partial charge < -0.3 is 63.4 Å². The smallest absolute Gasteiger partial charge is 0.331 e. The molecule has 14 nitrogen and oxygen atoms in total. The van der Waals surface area contributed by atoms with Crippen LogP contribution in [0.4, 0.5) is 0 Å². The second-order valence-electron chi connectivity index (χ2n) is 19.0. The van der Waals surface area contributed by atoms with E-state index in [0.29, 0.717) is 18.8 Å². The van der Waals surface area contributed by atoms with Gasteiger partial charge in [0.25, 0.3) is 0 Å². The molecular weight excluding hydrogens is 728 g/mol. The first-order valence-corrected chi connectivity index (χ1v) is 21.3. The van der Waals surface area contributed by atoms with Crippen molar-refractivity contribution < 1.29 is 68.2 Å². The van der Waals surface area contributed by atoms with Crippen molar-refractivity contribution in [1.29, 1.82) is 0 Å². The van der Waals surface area contributed by atoms with Gasteiger partial charge >= 0.3 is 5.97 Å². The zero-order valence-electron chi connectivity index (χ0n) is 33.9. The van der Waals surface area contributed by atoms with Gasteiger partial charge in [-0.05, 0) is 107 Å². The number of aliphatic hydroxyl groups excluding tert-OH is 4. The minimum absolute atomic E-state index is 0.0386. The summed E-state index contributed by atoms with van der Waals surface area (Å²) >= 11 is 0. The van der Waals surface area contributed by atoms with Crippen molar-refractivity contribution in [2.45, 2.75) is 197 Å². The zero-order valence-corrected chi connectivity index (χ0v) is 33.9. The van der Waals surface area contributed by atoms with Crippen molar-refractivity contribution >= 4 is 5.97 Å². The van der Waals surface area contributed by atoms with E-state index in [4.69, 9.17) is 37.9 Å². The maximum atomic E-state index is 12.6. The molecule has 7 fully saturated rings. The minimum atomic E-state index is -1.01. The lowest BCUT2D eigenvalue weighted by Gasteiger charge is -2.65. The van der Waals surface area contributed by atoms with Gasteiger partial charge in [-0.3, -0.25) is 0 Å². The highest BCUT2D eigenvalue weighted by molar-refractivity contribution is 5.85. The second kappa shape index (κ2) is 15.6. The average molecular weight is 795 g/mol. The molecule has 21 atom stereocenters. The predicted molar refractivity (Wildman–Crippen MR) is 197 cm³/mol. The number of aliphatic hydroxyl groups is 5. The molecule has 0 unspecified atom stereocenters. The third-order valence-corrected chi connectivity index (χ3v) is 16.2. The molecule has 318 valence electrons. The van der Waals surface area contributed by atoms with Gasteiger partial charge in [0.05, 0.1) is 54.4 Å². The van der Waals surface area contributed by atoms with Gasteiger partial charge in [0.15, 0.2) is 18.9 Å². The summed E-state index contributed by atoms with van der Waals surface area (Å²) in [7, 11) is 1.53. The molecule has 4 heterocycles. The fraction of sp³-hybridized carbons (Fsp3) is 0.929. The number of carbonyl (C=O) groups excluding carboxylic acids is 1. The summed E-state index contributed by atoms with van der Waals surface area (Å²) in [6.45, 7) is 10.1. The number of rotatable bonds is 8. The molecule has 4 aliphatic heterocycles. The Hall–Kier alpha value is -1.27. The van der Waals surface area contributed by atoms with Crippen LogP contribution in [0.3, 0.4) is 0 Å². The standard InChI is InChI=1S/C42H66O14/c1-20-37(49-6)29(43)16-35(51-20)55-39-22(3)53-36(18-31(39)45)56-38-21(2)52-34(17-30(38)44)54-25-9-11-40(4)24(14-25)7-8-27-28(40)15-32(46)41(5)26(10-12-42(27,41)48)23-13-33(47)50-19-23/h13,20-22,24-32,34-39,43-46,48H,7-12,14-19H2,1-6H3/t20-,21-,22+,24-,25-,26+,27-,28+,29-,30-,31-,32+,34+,35+,36+,37+,38+,39+,40-,41+,42-/m1/s1. The van der Waals surface area contributed by atoms with E-state index in [0.717, 1.165) is 44.1 Å². The Kier molecular flexibility index (Phi) is 11.6. The number of cyclic esters (lactones) is 1. The van der Waals surface area contributed by atoms with Crippen LogP contribution in [-0.2, 0) is 42.7 Å². The van der Waals surface area contributed by atoms with E-state index < -0.39 is 84.8 Å². The summed E-state index contributed by atoms with van der Waals surface area (Å²) in [6, 6.07) is 0.